The van der Waals surface area contributed by atoms with Crippen LogP contribution < -0.4 is 0 Å². The fourth-order valence-electron chi connectivity index (χ4n) is 3.25. The molecule has 0 aliphatic carbocycles. The van der Waals surface area contributed by atoms with Crippen LogP contribution in [0.2, 0.25) is 0 Å². The van der Waals surface area contributed by atoms with Crippen molar-refractivity contribution in [3.8, 4) is 0 Å². The molecule has 0 fully saturated rings. The topological polar surface area (TPSA) is 55.5 Å². The number of aliphatic imine (C=N–C) groups is 1. The number of nitro groups is 1. The first-order valence-electron chi connectivity index (χ1n) is 9.06. The third-order valence-electron chi connectivity index (χ3n) is 4.77. The molecule has 8 heteroatoms. The zero-order valence-electron chi connectivity index (χ0n) is 15.5. The maximum atomic E-state index is 13.2. The summed E-state index contributed by atoms with van der Waals surface area (Å²) in [7, 11) is 0. The number of non-ortho nitro benzene ring substituents is 1. The molecule has 0 saturated carbocycles. The second-order valence-corrected chi connectivity index (χ2v) is 8.01. The summed E-state index contributed by atoms with van der Waals surface area (Å²) in [6.07, 6.45) is -3.98. The predicted molar refractivity (Wildman–Crippen MR) is 110 cm³/mol. The average Bonchev–Trinajstić information content (AvgIpc) is 2.93. The largest absolute Gasteiger partial charge is 0.416 e. The minimum atomic E-state index is -4.45. The number of fused-ring (bicyclic) bond motifs is 1. The fraction of sp³-hybridized carbons (Fsp3) is 0.136. The van der Waals surface area contributed by atoms with Gasteiger partial charge in [-0.3, -0.25) is 15.1 Å². The second-order valence-electron chi connectivity index (χ2n) is 6.76. The van der Waals surface area contributed by atoms with Gasteiger partial charge in [0.1, 0.15) is 0 Å². The van der Waals surface area contributed by atoms with Gasteiger partial charge < -0.3 is 0 Å². The van der Waals surface area contributed by atoms with Crippen LogP contribution in [0.1, 0.15) is 28.4 Å². The van der Waals surface area contributed by atoms with Crippen LogP contribution in [0, 0.1) is 10.1 Å². The quantitative estimate of drug-likeness (QED) is 0.334. The Morgan fingerprint density at radius 2 is 1.70 bits per heavy atom. The van der Waals surface area contributed by atoms with Gasteiger partial charge in [0.05, 0.1) is 16.2 Å². The number of rotatable bonds is 3. The summed E-state index contributed by atoms with van der Waals surface area (Å²) in [6, 6.07) is 19.1. The van der Waals surface area contributed by atoms with Crippen molar-refractivity contribution in [2.24, 2.45) is 4.99 Å². The van der Waals surface area contributed by atoms with E-state index >= 15 is 0 Å². The molecule has 0 aromatic heterocycles. The van der Waals surface area contributed by atoms with E-state index in [1.807, 2.05) is 30.3 Å². The summed E-state index contributed by atoms with van der Waals surface area (Å²) in [5.41, 5.74) is 1.87. The van der Waals surface area contributed by atoms with Crippen molar-refractivity contribution in [3.63, 3.8) is 0 Å². The van der Waals surface area contributed by atoms with Crippen LogP contribution in [0.5, 0.6) is 0 Å². The highest BCUT2D eigenvalue weighted by Crippen LogP contribution is 2.47. The summed E-state index contributed by atoms with van der Waals surface area (Å²) in [5.74, 6) is 0. The molecule has 1 atom stereocenters. The Balaban J connectivity index is 1.79. The van der Waals surface area contributed by atoms with E-state index in [9.17, 15) is 23.3 Å². The highest BCUT2D eigenvalue weighted by Gasteiger charge is 2.32. The molecule has 0 radical (unpaired) electrons. The van der Waals surface area contributed by atoms with Gasteiger partial charge >= 0.3 is 6.18 Å². The molecule has 0 saturated heterocycles. The van der Waals surface area contributed by atoms with Gasteiger partial charge in [0.25, 0.3) is 5.69 Å². The van der Waals surface area contributed by atoms with E-state index in [-0.39, 0.29) is 16.6 Å². The van der Waals surface area contributed by atoms with Crippen LogP contribution >= 0.6 is 11.8 Å². The zero-order chi connectivity index (χ0) is 21.3. The normalized spacial score (nSPS) is 16.4. The van der Waals surface area contributed by atoms with Crippen molar-refractivity contribution in [2.75, 3.05) is 0 Å². The van der Waals surface area contributed by atoms with Gasteiger partial charge in [-0.1, -0.05) is 42.5 Å². The molecular formula is C22H15F3N2O2S. The SMILES string of the molecule is O=[N+]([O-])c1ccc(C2CC(c3ccccc3)=Nc3cc(C(F)(F)F)ccc3S2)cc1. The van der Waals surface area contributed by atoms with Crippen LogP contribution in [0.15, 0.2) is 82.7 Å². The minimum Gasteiger partial charge on any atom is -0.258 e. The van der Waals surface area contributed by atoms with Crippen LogP contribution in [0.25, 0.3) is 0 Å². The van der Waals surface area contributed by atoms with E-state index in [1.165, 1.54) is 30.0 Å². The number of nitro benzene ring substituents is 1. The lowest BCUT2D eigenvalue weighted by atomic mass is 10.0. The van der Waals surface area contributed by atoms with E-state index in [0.717, 1.165) is 23.3 Å². The first kappa shape index (κ1) is 20.2. The monoisotopic (exact) mass is 428 g/mol. The van der Waals surface area contributed by atoms with Gasteiger partial charge in [-0.05, 0) is 29.3 Å². The molecule has 1 aliphatic rings. The van der Waals surface area contributed by atoms with E-state index in [4.69, 9.17) is 0 Å². The second kappa shape index (κ2) is 7.95. The molecule has 4 nitrogen and oxygen atoms in total. The van der Waals surface area contributed by atoms with Gasteiger partial charge in [-0.25, -0.2) is 0 Å². The predicted octanol–water partition coefficient (Wildman–Crippen LogP) is 6.97. The van der Waals surface area contributed by atoms with Gasteiger partial charge in [0.15, 0.2) is 0 Å². The Labute approximate surface area is 174 Å². The highest BCUT2D eigenvalue weighted by molar-refractivity contribution is 7.99. The van der Waals surface area contributed by atoms with Crippen LogP contribution in [-0.4, -0.2) is 10.6 Å². The van der Waals surface area contributed by atoms with Gasteiger partial charge in [0.2, 0.25) is 0 Å². The summed E-state index contributed by atoms with van der Waals surface area (Å²) in [5, 5.41) is 10.8. The molecule has 30 heavy (non-hydrogen) atoms. The van der Waals surface area contributed by atoms with Crippen LogP contribution in [0.3, 0.4) is 0 Å². The molecule has 4 rings (SSSR count). The molecule has 0 spiro atoms. The minimum absolute atomic E-state index is 0.00968. The number of benzene rings is 3. The molecule has 0 bridgehead atoms. The highest BCUT2D eigenvalue weighted by atomic mass is 32.2. The van der Waals surface area contributed by atoms with Crippen molar-refractivity contribution in [3.05, 3.63) is 99.6 Å². The summed E-state index contributed by atoms with van der Waals surface area (Å²) in [4.78, 5) is 15.7. The Morgan fingerprint density at radius 3 is 2.33 bits per heavy atom. The van der Waals surface area contributed by atoms with Crippen molar-refractivity contribution < 1.29 is 18.1 Å². The van der Waals surface area contributed by atoms with E-state index in [1.54, 1.807) is 12.1 Å². The fourth-order valence-corrected chi connectivity index (χ4v) is 4.46. The first-order valence-corrected chi connectivity index (χ1v) is 9.94. The molecular weight excluding hydrogens is 413 g/mol. The van der Waals surface area contributed by atoms with Gasteiger partial charge in [0, 0.05) is 34.4 Å². The van der Waals surface area contributed by atoms with E-state index in [0.29, 0.717) is 17.0 Å². The average molecular weight is 428 g/mol. The molecule has 3 aromatic rings. The maximum Gasteiger partial charge on any atom is 0.416 e. The Hall–Kier alpha value is -3.13. The number of alkyl halides is 3. The van der Waals surface area contributed by atoms with Crippen molar-refractivity contribution >= 4 is 28.8 Å². The molecule has 3 aromatic carbocycles. The van der Waals surface area contributed by atoms with Crippen molar-refractivity contribution in [1.29, 1.82) is 0 Å². The van der Waals surface area contributed by atoms with Gasteiger partial charge in [-0.15, -0.1) is 11.8 Å². The number of hydrogen-bond acceptors (Lipinski definition) is 4. The summed E-state index contributed by atoms with van der Waals surface area (Å²) >= 11 is 1.41. The Morgan fingerprint density at radius 1 is 1.00 bits per heavy atom. The van der Waals surface area contributed by atoms with Crippen molar-refractivity contribution in [2.45, 2.75) is 22.7 Å². The molecule has 152 valence electrons. The lowest BCUT2D eigenvalue weighted by molar-refractivity contribution is -0.384. The standard InChI is InChI=1S/C22H15F3N2O2S/c23-22(24,25)16-8-11-20-19(12-16)26-18(14-4-2-1-3-5-14)13-21(30-20)15-6-9-17(10-7-15)27(28)29/h1-12,21H,13H2. The zero-order valence-corrected chi connectivity index (χ0v) is 16.3. The lowest BCUT2D eigenvalue weighted by Crippen LogP contribution is -2.05. The maximum absolute atomic E-state index is 13.2. The summed E-state index contributed by atoms with van der Waals surface area (Å²) < 4.78 is 39.6. The first-order chi connectivity index (χ1) is 14.3. The lowest BCUT2D eigenvalue weighted by Gasteiger charge is -2.16. The number of nitrogens with zero attached hydrogens (tertiary/aromatic N) is 2. The molecule has 1 aliphatic heterocycles. The van der Waals surface area contributed by atoms with E-state index in [2.05, 4.69) is 4.99 Å². The van der Waals surface area contributed by atoms with Gasteiger partial charge in [-0.2, -0.15) is 13.2 Å². The van der Waals surface area contributed by atoms with E-state index < -0.39 is 16.7 Å². The third-order valence-corrected chi connectivity index (χ3v) is 6.09. The molecule has 1 heterocycles. The molecule has 1 unspecified atom stereocenters. The Bertz CT molecular complexity index is 1110. The molecule has 0 amide bonds. The smallest absolute Gasteiger partial charge is 0.258 e. The van der Waals surface area contributed by atoms with Crippen LogP contribution in [0.4, 0.5) is 24.5 Å². The summed E-state index contributed by atoms with van der Waals surface area (Å²) in [6.45, 7) is 0. The number of halogens is 3. The molecule has 0 N–H and O–H groups in total. The Kier molecular flexibility index (Phi) is 5.34. The number of thioether (sulfide) groups is 1. The third kappa shape index (κ3) is 4.23. The van der Waals surface area contributed by atoms with Crippen LogP contribution in [-0.2, 0) is 6.18 Å². The van der Waals surface area contributed by atoms with Crippen molar-refractivity contribution in [1.82, 2.24) is 0 Å². The number of hydrogen-bond donors (Lipinski definition) is 0.